The minimum Gasteiger partial charge on any atom is -0.489 e. The number of ether oxygens (including phenoxy) is 3. The molecule has 1 fully saturated rings. The second kappa shape index (κ2) is 7.61. The molecule has 1 saturated heterocycles. The molecule has 1 unspecified atom stereocenters. The van der Waals surface area contributed by atoms with E-state index in [1.54, 1.807) is 17.3 Å². The molecule has 1 aliphatic rings. The largest absolute Gasteiger partial charge is 0.489 e. The molecular weight excluding hydrogens is 298 g/mol. The van der Waals surface area contributed by atoms with Crippen LogP contribution in [0.3, 0.4) is 0 Å². The maximum absolute atomic E-state index is 12.1. The van der Waals surface area contributed by atoms with Gasteiger partial charge in [0.1, 0.15) is 24.1 Å². The minimum atomic E-state index is -0.507. The molecule has 1 atom stereocenters. The van der Waals surface area contributed by atoms with Gasteiger partial charge in [0.25, 0.3) is 0 Å². The van der Waals surface area contributed by atoms with Crippen molar-refractivity contribution in [3.63, 3.8) is 0 Å². The molecule has 7 nitrogen and oxygen atoms in total. The molecule has 0 spiro atoms. The van der Waals surface area contributed by atoms with Gasteiger partial charge in [0, 0.05) is 24.8 Å². The summed E-state index contributed by atoms with van der Waals surface area (Å²) in [6, 6.07) is 1.82. The van der Waals surface area contributed by atoms with Gasteiger partial charge < -0.3 is 24.8 Å². The van der Waals surface area contributed by atoms with Gasteiger partial charge in [0.05, 0.1) is 19.3 Å². The quantitative estimate of drug-likeness (QED) is 0.905. The van der Waals surface area contributed by atoms with Crippen LogP contribution in [0.15, 0.2) is 18.5 Å². The first-order valence-corrected chi connectivity index (χ1v) is 7.74. The van der Waals surface area contributed by atoms with Crippen LogP contribution in [0.1, 0.15) is 26.3 Å². The summed E-state index contributed by atoms with van der Waals surface area (Å²) in [5.41, 5.74) is 6.05. The van der Waals surface area contributed by atoms with Crippen LogP contribution in [0, 0.1) is 0 Å². The van der Waals surface area contributed by atoms with E-state index >= 15 is 0 Å². The molecule has 2 heterocycles. The normalized spacial score (nSPS) is 18.6. The lowest BCUT2D eigenvalue weighted by Crippen LogP contribution is -2.49. The van der Waals surface area contributed by atoms with Crippen LogP contribution < -0.4 is 10.5 Å². The van der Waals surface area contributed by atoms with E-state index in [0.29, 0.717) is 38.6 Å². The Hall–Kier alpha value is -1.86. The second-order valence-electron chi connectivity index (χ2n) is 6.42. The molecule has 7 heteroatoms. The molecule has 1 aromatic heterocycles. The van der Waals surface area contributed by atoms with E-state index in [1.165, 1.54) is 0 Å². The van der Waals surface area contributed by atoms with Crippen molar-refractivity contribution in [1.82, 2.24) is 9.88 Å². The third-order valence-corrected chi connectivity index (χ3v) is 3.31. The topological polar surface area (TPSA) is 86.9 Å². The summed E-state index contributed by atoms with van der Waals surface area (Å²) in [7, 11) is 0. The maximum Gasteiger partial charge on any atom is 0.410 e. The number of amides is 1. The highest BCUT2D eigenvalue weighted by Gasteiger charge is 2.28. The van der Waals surface area contributed by atoms with Crippen molar-refractivity contribution in [2.75, 3.05) is 26.3 Å². The van der Waals surface area contributed by atoms with Crippen LogP contribution in [-0.2, 0) is 16.0 Å². The molecule has 1 aromatic rings. The lowest BCUT2D eigenvalue weighted by atomic mass is 10.2. The maximum atomic E-state index is 12.1. The molecule has 2 rings (SSSR count). The Kier molecular flexibility index (Phi) is 5.79. The summed E-state index contributed by atoms with van der Waals surface area (Å²) in [4.78, 5) is 17.8. The molecule has 0 radical (unpaired) electrons. The van der Waals surface area contributed by atoms with E-state index in [4.69, 9.17) is 19.9 Å². The number of nitrogens with two attached hydrogens (primary N) is 1. The van der Waals surface area contributed by atoms with Gasteiger partial charge in [-0.05, 0) is 26.8 Å². The number of hydrogen-bond donors (Lipinski definition) is 1. The first-order chi connectivity index (χ1) is 10.9. The zero-order valence-electron chi connectivity index (χ0n) is 13.9. The van der Waals surface area contributed by atoms with E-state index in [1.807, 2.05) is 26.8 Å². The predicted octanol–water partition coefficient (Wildman–Crippen LogP) is 1.55. The van der Waals surface area contributed by atoms with Gasteiger partial charge in [-0.2, -0.15) is 0 Å². The molecule has 1 amide bonds. The van der Waals surface area contributed by atoms with E-state index in [-0.39, 0.29) is 12.2 Å². The number of nitrogens with zero attached hydrogens (tertiary/aromatic N) is 2. The third kappa shape index (κ3) is 5.37. The number of pyridine rings is 1. The number of aromatic nitrogens is 1. The minimum absolute atomic E-state index is 0.206. The summed E-state index contributed by atoms with van der Waals surface area (Å²) < 4.78 is 16.8. The van der Waals surface area contributed by atoms with Gasteiger partial charge >= 0.3 is 6.09 Å². The zero-order valence-corrected chi connectivity index (χ0v) is 13.9. The van der Waals surface area contributed by atoms with Crippen molar-refractivity contribution in [1.29, 1.82) is 0 Å². The van der Waals surface area contributed by atoms with Crippen molar-refractivity contribution in [2.45, 2.75) is 39.0 Å². The molecule has 0 aromatic carbocycles. The van der Waals surface area contributed by atoms with Crippen molar-refractivity contribution >= 4 is 6.09 Å². The SMILES string of the molecule is CC(C)(C)OC(=O)N1CCOC(COc2cnccc2CN)C1. The van der Waals surface area contributed by atoms with Crippen molar-refractivity contribution in [3.8, 4) is 5.75 Å². The number of morpholine rings is 1. The highest BCUT2D eigenvalue weighted by molar-refractivity contribution is 5.68. The fourth-order valence-corrected chi connectivity index (χ4v) is 2.20. The number of carbonyl (C=O) groups is 1. The number of carbonyl (C=O) groups excluding carboxylic acids is 1. The Morgan fingerprint density at radius 2 is 2.30 bits per heavy atom. The highest BCUT2D eigenvalue weighted by Crippen LogP contribution is 2.17. The van der Waals surface area contributed by atoms with Gasteiger partial charge in [0.2, 0.25) is 0 Å². The Balaban J connectivity index is 1.88. The van der Waals surface area contributed by atoms with Crippen molar-refractivity contribution in [2.24, 2.45) is 5.73 Å². The molecule has 0 aliphatic carbocycles. The van der Waals surface area contributed by atoms with E-state index in [2.05, 4.69) is 4.98 Å². The Morgan fingerprint density at radius 1 is 1.52 bits per heavy atom. The van der Waals surface area contributed by atoms with Crippen LogP contribution in [-0.4, -0.2) is 54.0 Å². The standard InChI is InChI=1S/C16H25N3O4/c1-16(2,3)23-15(20)19-6-7-21-13(10-19)11-22-14-9-18-5-4-12(14)8-17/h4-5,9,13H,6-8,10-11,17H2,1-3H3. The predicted molar refractivity (Wildman–Crippen MR) is 85.2 cm³/mol. The summed E-state index contributed by atoms with van der Waals surface area (Å²) in [6.45, 7) is 7.68. The molecule has 23 heavy (non-hydrogen) atoms. The van der Waals surface area contributed by atoms with Crippen LogP contribution in [0.5, 0.6) is 5.75 Å². The van der Waals surface area contributed by atoms with E-state index in [9.17, 15) is 4.79 Å². The lowest BCUT2D eigenvalue weighted by molar-refractivity contribution is -0.0558. The molecule has 1 aliphatic heterocycles. The van der Waals surface area contributed by atoms with Crippen LogP contribution >= 0.6 is 0 Å². The Labute approximate surface area is 136 Å². The average molecular weight is 323 g/mol. The molecule has 2 N–H and O–H groups in total. The van der Waals surface area contributed by atoms with Gasteiger partial charge in [-0.3, -0.25) is 4.98 Å². The fraction of sp³-hybridized carbons (Fsp3) is 0.625. The summed E-state index contributed by atoms with van der Waals surface area (Å²) in [6.07, 6.45) is 2.78. The molecule has 0 bridgehead atoms. The molecule has 0 saturated carbocycles. The van der Waals surface area contributed by atoms with Crippen molar-refractivity contribution < 1.29 is 19.0 Å². The van der Waals surface area contributed by atoms with E-state index < -0.39 is 5.60 Å². The van der Waals surface area contributed by atoms with Gasteiger partial charge in [-0.15, -0.1) is 0 Å². The number of rotatable bonds is 4. The van der Waals surface area contributed by atoms with Crippen LogP contribution in [0.2, 0.25) is 0 Å². The summed E-state index contributed by atoms with van der Waals surface area (Å²) in [5, 5.41) is 0. The Bertz CT molecular complexity index is 530. The summed E-state index contributed by atoms with van der Waals surface area (Å²) >= 11 is 0. The molecular formula is C16H25N3O4. The van der Waals surface area contributed by atoms with Crippen LogP contribution in [0.4, 0.5) is 4.79 Å². The van der Waals surface area contributed by atoms with Crippen molar-refractivity contribution in [3.05, 3.63) is 24.0 Å². The lowest BCUT2D eigenvalue weighted by Gasteiger charge is -2.34. The fourth-order valence-electron chi connectivity index (χ4n) is 2.20. The highest BCUT2D eigenvalue weighted by atomic mass is 16.6. The molecule has 128 valence electrons. The Morgan fingerprint density at radius 3 is 3.00 bits per heavy atom. The van der Waals surface area contributed by atoms with E-state index in [0.717, 1.165) is 5.56 Å². The summed E-state index contributed by atoms with van der Waals surface area (Å²) in [5.74, 6) is 0.646. The monoisotopic (exact) mass is 323 g/mol. The smallest absolute Gasteiger partial charge is 0.410 e. The second-order valence-corrected chi connectivity index (χ2v) is 6.42. The third-order valence-electron chi connectivity index (χ3n) is 3.31. The zero-order chi connectivity index (χ0) is 16.9. The van der Waals surface area contributed by atoms with Gasteiger partial charge in [-0.1, -0.05) is 0 Å². The first kappa shape index (κ1) is 17.5. The first-order valence-electron chi connectivity index (χ1n) is 7.74. The van der Waals surface area contributed by atoms with Crippen LogP contribution in [0.25, 0.3) is 0 Å². The van der Waals surface area contributed by atoms with Gasteiger partial charge in [-0.25, -0.2) is 4.79 Å². The number of hydrogen-bond acceptors (Lipinski definition) is 6. The van der Waals surface area contributed by atoms with Gasteiger partial charge in [0.15, 0.2) is 0 Å². The average Bonchev–Trinajstić information content (AvgIpc) is 2.52.